The number of imide groups is 1. The molecule has 0 N–H and O–H groups in total. The average Bonchev–Trinajstić information content (AvgIpc) is 2.89. The molecular weight excluding hydrogens is 326 g/mol. The third-order valence-electron chi connectivity index (χ3n) is 3.49. The Bertz CT molecular complexity index is 825. The molecule has 3 rings (SSSR count). The molecule has 0 radical (unpaired) electrons. The van der Waals surface area contributed by atoms with E-state index in [0.717, 1.165) is 28.5 Å². The summed E-state index contributed by atoms with van der Waals surface area (Å²) in [6.07, 6.45) is 2.39. The molecule has 1 aliphatic rings. The van der Waals surface area contributed by atoms with Crippen molar-refractivity contribution in [3.05, 3.63) is 64.6 Å². The van der Waals surface area contributed by atoms with E-state index in [1.807, 2.05) is 0 Å². The largest absolute Gasteiger partial charge is 0.497 e. The van der Waals surface area contributed by atoms with Gasteiger partial charge in [-0.25, -0.2) is 4.90 Å². The number of nitrogens with zero attached hydrogens (tertiary/aromatic N) is 1. The average molecular weight is 339 g/mol. The highest BCUT2D eigenvalue weighted by atomic mass is 32.2. The zero-order chi connectivity index (χ0) is 17.1. The van der Waals surface area contributed by atoms with Crippen LogP contribution in [0.25, 0.3) is 6.08 Å². The summed E-state index contributed by atoms with van der Waals surface area (Å²) in [6.45, 7) is 0. The van der Waals surface area contributed by atoms with Gasteiger partial charge in [-0.3, -0.25) is 14.4 Å². The number of methoxy groups -OCH3 is 1. The molecule has 120 valence electrons. The van der Waals surface area contributed by atoms with Gasteiger partial charge in [-0.15, -0.1) is 0 Å². The fraction of sp³-hybridized carbons (Fsp3) is 0.0556. The van der Waals surface area contributed by atoms with Crippen molar-refractivity contribution in [2.24, 2.45) is 0 Å². The number of anilines is 1. The zero-order valence-corrected chi connectivity index (χ0v) is 13.6. The van der Waals surface area contributed by atoms with Gasteiger partial charge in [0, 0.05) is 5.56 Å². The van der Waals surface area contributed by atoms with Crippen LogP contribution in [0.1, 0.15) is 15.9 Å². The van der Waals surface area contributed by atoms with Gasteiger partial charge in [0.15, 0.2) is 0 Å². The molecule has 0 saturated carbocycles. The Morgan fingerprint density at radius 3 is 2.17 bits per heavy atom. The Kier molecular flexibility index (Phi) is 4.48. The van der Waals surface area contributed by atoms with Gasteiger partial charge < -0.3 is 4.74 Å². The Morgan fingerprint density at radius 2 is 1.58 bits per heavy atom. The first kappa shape index (κ1) is 16.0. The molecule has 0 aliphatic carbocycles. The molecule has 0 bridgehead atoms. The second-order valence-electron chi connectivity index (χ2n) is 5.00. The summed E-state index contributed by atoms with van der Waals surface area (Å²) in [5, 5.41) is -0.346. The smallest absolute Gasteiger partial charge is 0.298 e. The molecule has 0 aromatic heterocycles. The Labute approximate surface area is 142 Å². The van der Waals surface area contributed by atoms with Gasteiger partial charge in [-0.2, -0.15) is 0 Å². The van der Waals surface area contributed by atoms with Crippen LogP contribution in [0.3, 0.4) is 0 Å². The molecule has 2 aromatic carbocycles. The first-order valence-electron chi connectivity index (χ1n) is 7.09. The molecule has 1 aliphatic heterocycles. The van der Waals surface area contributed by atoms with Crippen LogP contribution in [0, 0.1) is 0 Å². The molecule has 5 nitrogen and oxygen atoms in total. The lowest BCUT2D eigenvalue weighted by Gasteiger charge is -2.12. The molecule has 6 heteroatoms. The van der Waals surface area contributed by atoms with Crippen LogP contribution in [0.4, 0.5) is 10.5 Å². The predicted octanol–water partition coefficient (Wildman–Crippen LogP) is 3.75. The molecule has 2 aromatic rings. The highest BCUT2D eigenvalue weighted by Gasteiger charge is 2.36. The van der Waals surface area contributed by atoms with E-state index in [1.165, 1.54) is 0 Å². The number of carbonyl (C=O) groups excluding carboxylic acids is 3. The summed E-state index contributed by atoms with van der Waals surface area (Å²) >= 11 is 0.889. The number of hydrogen-bond donors (Lipinski definition) is 0. The molecule has 24 heavy (non-hydrogen) atoms. The summed E-state index contributed by atoms with van der Waals surface area (Å²) in [7, 11) is 1.55. The van der Waals surface area contributed by atoms with Crippen LogP contribution in [0.15, 0.2) is 53.4 Å². The zero-order valence-electron chi connectivity index (χ0n) is 12.8. The van der Waals surface area contributed by atoms with E-state index in [0.29, 0.717) is 21.9 Å². The van der Waals surface area contributed by atoms with Gasteiger partial charge >= 0.3 is 0 Å². The predicted molar refractivity (Wildman–Crippen MR) is 93.3 cm³/mol. The Hall–Kier alpha value is -2.86. The lowest BCUT2D eigenvalue weighted by atomic mass is 10.1. The van der Waals surface area contributed by atoms with E-state index in [4.69, 9.17) is 4.74 Å². The van der Waals surface area contributed by atoms with Gasteiger partial charge in [-0.05, 0) is 47.7 Å². The van der Waals surface area contributed by atoms with E-state index >= 15 is 0 Å². The van der Waals surface area contributed by atoms with E-state index in [-0.39, 0.29) is 11.1 Å². The van der Waals surface area contributed by atoms with E-state index in [1.54, 1.807) is 61.7 Å². The van der Waals surface area contributed by atoms with Crippen molar-refractivity contribution >= 4 is 41.0 Å². The van der Waals surface area contributed by atoms with Gasteiger partial charge in [0.2, 0.25) is 0 Å². The van der Waals surface area contributed by atoms with Crippen LogP contribution in [0.2, 0.25) is 0 Å². The maximum absolute atomic E-state index is 12.5. The number of amides is 2. The van der Waals surface area contributed by atoms with Crippen LogP contribution in [-0.2, 0) is 4.79 Å². The van der Waals surface area contributed by atoms with Crippen LogP contribution in [0.5, 0.6) is 5.75 Å². The first-order chi connectivity index (χ1) is 11.6. The third-order valence-corrected chi connectivity index (χ3v) is 4.36. The second kappa shape index (κ2) is 6.72. The van der Waals surface area contributed by atoms with Crippen molar-refractivity contribution in [3.63, 3.8) is 0 Å². The number of benzene rings is 2. The molecule has 0 unspecified atom stereocenters. The van der Waals surface area contributed by atoms with Gasteiger partial charge in [0.1, 0.15) is 12.0 Å². The summed E-state index contributed by atoms with van der Waals surface area (Å²) in [5.74, 6) is 0.283. The standard InChI is InChI=1S/C18H13NO4S/c1-23-15-8-6-14(7-9-15)19-17(21)16(24-18(19)22)10-12-2-4-13(11-20)5-3-12/h2-11H,1H3. The summed E-state index contributed by atoms with van der Waals surface area (Å²) < 4.78 is 5.07. The van der Waals surface area contributed by atoms with Crippen molar-refractivity contribution in [1.29, 1.82) is 0 Å². The number of thioether (sulfide) groups is 1. The SMILES string of the molecule is COc1ccc(N2C(=O)SC(=Cc3ccc(C=O)cc3)C2=O)cc1. The molecule has 0 atom stereocenters. The minimum Gasteiger partial charge on any atom is -0.497 e. The first-order valence-corrected chi connectivity index (χ1v) is 7.91. The summed E-state index contributed by atoms with van der Waals surface area (Å²) in [4.78, 5) is 36.9. The monoisotopic (exact) mass is 339 g/mol. The van der Waals surface area contributed by atoms with Gasteiger partial charge in [0.25, 0.3) is 11.1 Å². The topological polar surface area (TPSA) is 63.7 Å². The number of carbonyl (C=O) groups is 3. The van der Waals surface area contributed by atoms with Crippen LogP contribution < -0.4 is 9.64 Å². The lowest BCUT2D eigenvalue weighted by Crippen LogP contribution is -2.27. The van der Waals surface area contributed by atoms with Gasteiger partial charge in [-0.1, -0.05) is 24.3 Å². The molecular formula is C18H13NO4S. The van der Waals surface area contributed by atoms with Crippen molar-refractivity contribution in [1.82, 2.24) is 0 Å². The minimum atomic E-state index is -0.366. The Balaban J connectivity index is 1.87. The van der Waals surface area contributed by atoms with Crippen molar-refractivity contribution in [3.8, 4) is 5.75 Å². The summed E-state index contributed by atoms with van der Waals surface area (Å²) in [5.41, 5.74) is 1.80. The van der Waals surface area contributed by atoms with E-state index in [9.17, 15) is 14.4 Å². The van der Waals surface area contributed by atoms with Gasteiger partial charge in [0.05, 0.1) is 17.7 Å². The Morgan fingerprint density at radius 1 is 0.958 bits per heavy atom. The quantitative estimate of drug-likeness (QED) is 0.627. The maximum Gasteiger partial charge on any atom is 0.298 e. The molecule has 2 amide bonds. The number of ether oxygens (including phenoxy) is 1. The normalized spacial score (nSPS) is 15.9. The van der Waals surface area contributed by atoms with E-state index in [2.05, 4.69) is 0 Å². The molecule has 1 saturated heterocycles. The lowest BCUT2D eigenvalue weighted by molar-refractivity contribution is -0.113. The van der Waals surface area contributed by atoms with E-state index < -0.39 is 0 Å². The molecule has 0 spiro atoms. The van der Waals surface area contributed by atoms with Crippen molar-refractivity contribution in [2.45, 2.75) is 0 Å². The molecule has 1 heterocycles. The minimum absolute atomic E-state index is 0.342. The molecule has 1 fully saturated rings. The number of hydrogen-bond acceptors (Lipinski definition) is 5. The van der Waals surface area contributed by atoms with Crippen molar-refractivity contribution < 1.29 is 19.1 Å². The van der Waals surface area contributed by atoms with Crippen molar-refractivity contribution in [2.75, 3.05) is 12.0 Å². The highest BCUT2D eigenvalue weighted by Crippen LogP contribution is 2.36. The fourth-order valence-corrected chi connectivity index (χ4v) is 3.09. The maximum atomic E-state index is 12.5. The number of rotatable bonds is 4. The van der Waals surface area contributed by atoms with Crippen LogP contribution >= 0.6 is 11.8 Å². The summed E-state index contributed by atoms with van der Waals surface area (Å²) in [6, 6.07) is 13.5. The highest BCUT2D eigenvalue weighted by molar-refractivity contribution is 8.19. The second-order valence-corrected chi connectivity index (χ2v) is 5.99. The third kappa shape index (κ3) is 3.09. The van der Waals surface area contributed by atoms with Crippen LogP contribution in [-0.4, -0.2) is 24.5 Å². The number of aldehydes is 1. The fourth-order valence-electron chi connectivity index (χ4n) is 2.24.